The van der Waals surface area contributed by atoms with Crippen molar-refractivity contribution in [1.82, 2.24) is 4.90 Å². The van der Waals surface area contributed by atoms with Crippen LogP contribution in [0.3, 0.4) is 0 Å². The lowest BCUT2D eigenvalue weighted by Gasteiger charge is -2.31. The Morgan fingerprint density at radius 3 is 2.24 bits per heavy atom. The predicted molar refractivity (Wildman–Crippen MR) is 82.0 cm³/mol. The number of carbonyl (C=O) groups excluding carboxylic acids is 2. The van der Waals surface area contributed by atoms with Gasteiger partial charge in [0.2, 0.25) is 11.8 Å². The van der Waals surface area contributed by atoms with Crippen molar-refractivity contribution in [3.63, 3.8) is 0 Å². The molecule has 0 spiro atoms. The van der Waals surface area contributed by atoms with Crippen LogP contribution in [0.4, 0.5) is 5.69 Å². The van der Waals surface area contributed by atoms with Gasteiger partial charge in [0.15, 0.2) is 0 Å². The Labute approximate surface area is 125 Å². The fourth-order valence-electron chi connectivity index (χ4n) is 3.13. The minimum absolute atomic E-state index is 0.0509. The van der Waals surface area contributed by atoms with Gasteiger partial charge in [-0.25, -0.2) is 0 Å². The molecule has 4 heteroatoms. The van der Waals surface area contributed by atoms with E-state index in [9.17, 15) is 9.59 Å². The topological polar surface area (TPSA) is 40.6 Å². The van der Waals surface area contributed by atoms with Crippen molar-refractivity contribution in [3.05, 3.63) is 30.3 Å². The lowest BCUT2D eigenvalue weighted by atomic mass is 10.0. The molecule has 1 saturated carbocycles. The zero-order valence-electron chi connectivity index (χ0n) is 12.5. The molecule has 0 unspecified atom stereocenters. The average Bonchev–Trinajstić information content (AvgIpc) is 3.36. The van der Waals surface area contributed by atoms with E-state index in [2.05, 4.69) is 0 Å². The molecule has 0 atom stereocenters. The fourth-order valence-corrected chi connectivity index (χ4v) is 3.13. The van der Waals surface area contributed by atoms with Gasteiger partial charge in [-0.3, -0.25) is 9.59 Å². The molecule has 0 N–H and O–H groups in total. The molecule has 0 aromatic heterocycles. The van der Waals surface area contributed by atoms with E-state index in [1.807, 2.05) is 35.2 Å². The van der Waals surface area contributed by atoms with Crippen LogP contribution in [-0.4, -0.2) is 36.9 Å². The van der Waals surface area contributed by atoms with Crippen molar-refractivity contribution in [1.29, 1.82) is 0 Å². The number of rotatable bonds is 3. The SMILES string of the molecule is CN(C(=O)C1(C(=O)N2CCCCC2)CC1)c1ccccc1. The van der Waals surface area contributed by atoms with Crippen LogP contribution in [0.25, 0.3) is 0 Å². The Bertz CT molecular complexity index is 531. The Hall–Kier alpha value is -1.84. The quantitative estimate of drug-likeness (QED) is 0.801. The van der Waals surface area contributed by atoms with E-state index in [1.165, 1.54) is 6.42 Å². The number of carbonyl (C=O) groups is 2. The molecular formula is C17H22N2O2. The standard InChI is InChI=1S/C17H22N2O2/c1-18(14-8-4-2-5-9-14)15(20)17(10-11-17)16(21)19-12-6-3-7-13-19/h2,4-5,8-9H,3,6-7,10-13H2,1H3. The summed E-state index contributed by atoms with van der Waals surface area (Å²) in [5.41, 5.74) is 0.0716. The molecule has 1 aromatic carbocycles. The molecule has 3 rings (SSSR count). The molecule has 1 aliphatic heterocycles. The number of hydrogen-bond donors (Lipinski definition) is 0. The zero-order chi connectivity index (χ0) is 14.9. The monoisotopic (exact) mass is 286 g/mol. The molecule has 2 aliphatic rings. The van der Waals surface area contributed by atoms with Gasteiger partial charge in [0.1, 0.15) is 5.41 Å². The molecular weight excluding hydrogens is 264 g/mol. The third kappa shape index (κ3) is 2.55. The molecule has 112 valence electrons. The third-order valence-corrected chi connectivity index (χ3v) is 4.66. The van der Waals surface area contributed by atoms with Crippen LogP contribution in [0, 0.1) is 5.41 Å². The highest BCUT2D eigenvalue weighted by Gasteiger charge is 2.59. The third-order valence-electron chi connectivity index (χ3n) is 4.66. The first-order valence-electron chi connectivity index (χ1n) is 7.78. The van der Waals surface area contributed by atoms with Crippen LogP contribution < -0.4 is 4.90 Å². The van der Waals surface area contributed by atoms with Crippen molar-refractivity contribution in [2.75, 3.05) is 25.0 Å². The van der Waals surface area contributed by atoms with E-state index >= 15 is 0 Å². The highest BCUT2D eigenvalue weighted by atomic mass is 16.2. The number of likely N-dealkylation sites (tertiary alicyclic amines) is 1. The summed E-state index contributed by atoms with van der Waals surface area (Å²) in [5, 5.41) is 0. The normalized spacial score (nSPS) is 20.0. The van der Waals surface area contributed by atoms with Crippen LogP contribution >= 0.6 is 0 Å². The minimum atomic E-state index is -0.776. The maximum Gasteiger partial charge on any atom is 0.242 e. The second kappa shape index (κ2) is 5.51. The smallest absolute Gasteiger partial charge is 0.242 e. The van der Waals surface area contributed by atoms with E-state index in [0.29, 0.717) is 12.8 Å². The molecule has 1 aromatic rings. The van der Waals surface area contributed by atoms with Crippen molar-refractivity contribution in [2.45, 2.75) is 32.1 Å². The number of para-hydroxylation sites is 1. The summed E-state index contributed by atoms with van der Waals surface area (Å²) in [7, 11) is 1.77. The summed E-state index contributed by atoms with van der Waals surface area (Å²) in [4.78, 5) is 29.1. The number of nitrogens with zero attached hydrogens (tertiary/aromatic N) is 2. The maximum absolute atomic E-state index is 12.8. The largest absolute Gasteiger partial charge is 0.342 e. The molecule has 2 amide bonds. The van der Waals surface area contributed by atoms with E-state index < -0.39 is 5.41 Å². The van der Waals surface area contributed by atoms with Crippen LogP contribution in [0.1, 0.15) is 32.1 Å². The van der Waals surface area contributed by atoms with Crippen molar-refractivity contribution >= 4 is 17.5 Å². The molecule has 4 nitrogen and oxygen atoms in total. The summed E-state index contributed by atoms with van der Waals surface area (Å²) in [6.07, 6.45) is 4.69. The lowest BCUT2D eigenvalue weighted by molar-refractivity contribution is -0.143. The zero-order valence-corrected chi connectivity index (χ0v) is 12.5. The molecule has 0 bridgehead atoms. The van der Waals surface area contributed by atoms with Gasteiger partial charge in [-0.1, -0.05) is 18.2 Å². The number of anilines is 1. The number of piperidine rings is 1. The van der Waals surface area contributed by atoms with E-state index in [4.69, 9.17) is 0 Å². The van der Waals surface area contributed by atoms with Gasteiger partial charge in [0, 0.05) is 25.8 Å². The van der Waals surface area contributed by atoms with E-state index in [1.54, 1.807) is 11.9 Å². The highest BCUT2D eigenvalue weighted by Crippen LogP contribution is 2.49. The van der Waals surface area contributed by atoms with Gasteiger partial charge in [0.25, 0.3) is 0 Å². The summed E-state index contributed by atoms with van der Waals surface area (Å²) < 4.78 is 0. The Kier molecular flexibility index (Phi) is 3.70. The molecule has 0 radical (unpaired) electrons. The average molecular weight is 286 g/mol. The number of benzene rings is 1. The van der Waals surface area contributed by atoms with Gasteiger partial charge in [-0.05, 0) is 44.2 Å². The summed E-state index contributed by atoms with van der Waals surface area (Å²) >= 11 is 0. The van der Waals surface area contributed by atoms with Crippen molar-refractivity contribution < 1.29 is 9.59 Å². The highest BCUT2D eigenvalue weighted by molar-refractivity contribution is 6.13. The number of hydrogen-bond acceptors (Lipinski definition) is 2. The first-order valence-corrected chi connectivity index (χ1v) is 7.78. The van der Waals surface area contributed by atoms with Crippen LogP contribution in [-0.2, 0) is 9.59 Å². The van der Waals surface area contributed by atoms with Crippen LogP contribution in [0.2, 0.25) is 0 Å². The first kappa shape index (κ1) is 14.1. The minimum Gasteiger partial charge on any atom is -0.342 e. The van der Waals surface area contributed by atoms with Crippen LogP contribution in [0.15, 0.2) is 30.3 Å². The summed E-state index contributed by atoms with van der Waals surface area (Å²) in [6.45, 7) is 1.62. The van der Waals surface area contributed by atoms with E-state index in [-0.39, 0.29) is 11.8 Å². The maximum atomic E-state index is 12.8. The molecule has 1 saturated heterocycles. The molecule has 2 fully saturated rings. The Morgan fingerprint density at radius 1 is 1.05 bits per heavy atom. The Balaban J connectivity index is 1.75. The van der Waals surface area contributed by atoms with Crippen molar-refractivity contribution in [3.8, 4) is 0 Å². The number of amides is 2. The second-order valence-electron chi connectivity index (χ2n) is 6.13. The molecule has 1 heterocycles. The van der Waals surface area contributed by atoms with Crippen LogP contribution in [0.5, 0.6) is 0 Å². The summed E-state index contributed by atoms with van der Waals surface area (Å²) in [5.74, 6) is -0.000690. The van der Waals surface area contributed by atoms with Crippen molar-refractivity contribution in [2.24, 2.45) is 5.41 Å². The lowest BCUT2D eigenvalue weighted by Crippen LogP contribution is -2.47. The predicted octanol–water partition coefficient (Wildman–Crippen LogP) is 2.44. The molecule has 21 heavy (non-hydrogen) atoms. The first-order chi connectivity index (χ1) is 10.1. The van der Waals surface area contributed by atoms with E-state index in [0.717, 1.165) is 31.6 Å². The van der Waals surface area contributed by atoms with Gasteiger partial charge in [0.05, 0.1) is 0 Å². The Morgan fingerprint density at radius 2 is 1.67 bits per heavy atom. The fraction of sp³-hybridized carbons (Fsp3) is 0.529. The second-order valence-corrected chi connectivity index (χ2v) is 6.13. The van der Waals surface area contributed by atoms with Gasteiger partial charge < -0.3 is 9.80 Å². The summed E-state index contributed by atoms with van der Waals surface area (Å²) in [6, 6.07) is 9.54. The molecule has 1 aliphatic carbocycles. The van der Waals surface area contributed by atoms with Gasteiger partial charge in [-0.15, -0.1) is 0 Å². The van der Waals surface area contributed by atoms with Gasteiger partial charge in [-0.2, -0.15) is 0 Å². The van der Waals surface area contributed by atoms with Gasteiger partial charge >= 0.3 is 0 Å².